The topological polar surface area (TPSA) is 61.9 Å². The molecule has 0 aliphatic rings. The van der Waals surface area contributed by atoms with Crippen molar-refractivity contribution in [3.05, 3.63) is 46.5 Å². The molecule has 1 amide bonds. The predicted octanol–water partition coefficient (Wildman–Crippen LogP) is 2.88. The molecule has 0 aromatic carbocycles. The van der Waals surface area contributed by atoms with Crippen LogP contribution in [0.15, 0.2) is 18.2 Å². The smallest absolute Gasteiger partial charge is 0.223 e. The molecule has 2 aromatic heterocycles. The van der Waals surface area contributed by atoms with Gasteiger partial charge in [0.25, 0.3) is 0 Å². The molecule has 2 heterocycles. The van der Waals surface area contributed by atoms with Crippen molar-refractivity contribution in [2.45, 2.75) is 46.6 Å². The monoisotopic (exact) mass is 300 g/mol. The van der Waals surface area contributed by atoms with Gasteiger partial charge in [-0.3, -0.25) is 14.9 Å². The number of H-pyrrole nitrogens is 1. The fraction of sp³-hybridized carbons (Fsp3) is 0.471. The van der Waals surface area contributed by atoms with Gasteiger partial charge in [-0.2, -0.15) is 5.10 Å². The van der Waals surface area contributed by atoms with Crippen molar-refractivity contribution in [3.63, 3.8) is 0 Å². The average Bonchev–Trinajstić information content (AvgIpc) is 2.78. The van der Waals surface area contributed by atoms with E-state index < -0.39 is 0 Å². The third-order valence-electron chi connectivity index (χ3n) is 3.93. The van der Waals surface area contributed by atoms with Crippen molar-refractivity contribution in [3.8, 4) is 0 Å². The lowest BCUT2D eigenvalue weighted by atomic mass is 9.95. The first-order chi connectivity index (χ1) is 10.4. The number of hydrogen-bond donors (Lipinski definition) is 1. The van der Waals surface area contributed by atoms with E-state index in [9.17, 15) is 4.79 Å². The molecule has 0 aliphatic heterocycles. The van der Waals surface area contributed by atoms with E-state index in [-0.39, 0.29) is 11.8 Å². The zero-order valence-corrected chi connectivity index (χ0v) is 14.0. The molecule has 0 saturated carbocycles. The highest BCUT2D eigenvalue weighted by atomic mass is 16.2. The summed E-state index contributed by atoms with van der Waals surface area (Å²) in [4.78, 5) is 18.6. The van der Waals surface area contributed by atoms with Crippen molar-refractivity contribution < 1.29 is 4.79 Å². The summed E-state index contributed by atoms with van der Waals surface area (Å²) in [5.41, 5.74) is 5.05. The Balaban J connectivity index is 1.99. The molecular formula is C17H24N4O. The fourth-order valence-corrected chi connectivity index (χ4v) is 2.82. The van der Waals surface area contributed by atoms with E-state index in [0.29, 0.717) is 13.0 Å². The molecule has 1 N–H and O–H groups in total. The van der Waals surface area contributed by atoms with Crippen LogP contribution in [0.5, 0.6) is 0 Å². The van der Waals surface area contributed by atoms with Crippen LogP contribution in [-0.2, 0) is 11.3 Å². The van der Waals surface area contributed by atoms with Gasteiger partial charge in [0.2, 0.25) is 5.91 Å². The number of aromatic amines is 1. The maximum Gasteiger partial charge on any atom is 0.223 e. The molecule has 0 aliphatic carbocycles. The highest BCUT2D eigenvalue weighted by Crippen LogP contribution is 2.25. The summed E-state index contributed by atoms with van der Waals surface area (Å²) >= 11 is 0. The van der Waals surface area contributed by atoms with Gasteiger partial charge in [-0.1, -0.05) is 13.0 Å². The highest BCUT2D eigenvalue weighted by Gasteiger charge is 2.19. The Kier molecular flexibility index (Phi) is 4.96. The summed E-state index contributed by atoms with van der Waals surface area (Å²) < 4.78 is 0. The number of nitrogens with zero attached hydrogens (tertiary/aromatic N) is 3. The van der Waals surface area contributed by atoms with Gasteiger partial charge in [0.15, 0.2) is 0 Å². The first-order valence-corrected chi connectivity index (χ1v) is 7.56. The predicted molar refractivity (Wildman–Crippen MR) is 86.5 cm³/mol. The van der Waals surface area contributed by atoms with Crippen molar-refractivity contribution in [1.82, 2.24) is 20.1 Å². The number of nitrogens with one attached hydrogen (secondary N) is 1. The Labute approximate surface area is 131 Å². The quantitative estimate of drug-likeness (QED) is 0.923. The second kappa shape index (κ2) is 6.73. The highest BCUT2D eigenvalue weighted by molar-refractivity contribution is 5.76. The van der Waals surface area contributed by atoms with Gasteiger partial charge in [0.1, 0.15) is 0 Å². The lowest BCUT2D eigenvalue weighted by Gasteiger charge is -2.20. The van der Waals surface area contributed by atoms with Crippen molar-refractivity contribution in [2.75, 3.05) is 7.05 Å². The van der Waals surface area contributed by atoms with Crippen molar-refractivity contribution >= 4 is 5.91 Å². The number of aromatic nitrogens is 3. The van der Waals surface area contributed by atoms with Crippen LogP contribution in [0.25, 0.3) is 0 Å². The van der Waals surface area contributed by atoms with E-state index in [0.717, 1.165) is 28.3 Å². The Bertz CT molecular complexity index is 643. The molecule has 2 aromatic rings. The average molecular weight is 300 g/mol. The summed E-state index contributed by atoms with van der Waals surface area (Å²) in [6.45, 7) is 8.53. The minimum Gasteiger partial charge on any atom is -0.340 e. The molecule has 5 heteroatoms. The standard InChI is InChI=1S/C17H24N4O/c1-11(17-13(3)19-20-14(17)4)9-16(22)21(5)10-15-8-6-7-12(2)18-15/h6-8,11H,9-10H2,1-5H3,(H,19,20). The third kappa shape index (κ3) is 3.72. The van der Waals surface area contributed by atoms with Gasteiger partial charge in [-0.15, -0.1) is 0 Å². The van der Waals surface area contributed by atoms with Gasteiger partial charge in [-0.25, -0.2) is 0 Å². The lowest BCUT2D eigenvalue weighted by molar-refractivity contribution is -0.130. The molecular weight excluding hydrogens is 276 g/mol. The molecule has 22 heavy (non-hydrogen) atoms. The maximum atomic E-state index is 12.4. The van der Waals surface area contributed by atoms with Crippen LogP contribution in [0, 0.1) is 20.8 Å². The maximum absolute atomic E-state index is 12.4. The van der Waals surface area contributed by atoms with Gasteiger partial charge >= 0.3 is 0 Å². The minimum atomic E-state index is 0.121. The summed E-state index contributed by atoms with van der Waals surface area (Å²) in [6.07, 6.45) is 0.476. The van der Waals surface area contributed by atoms with Crippen molar-refractivity contribution in [1.29, 1.82) is 0 Å². The Morgan fingerprint density at radius 1 is 1.32 bits per heavy atom. The first-order valence-electron chi connectivity index (χ1n) is 7.56. The van der Waals surface area contributed by atoms with E-state index in [1.807, 2.05) is 46.0 Å². The Morgan fingerprint density at radius 2 is 2.05 bits per heavy atom. The van der Waals surface area contributed by atoms with Gasteiger partial charge in [-0.05, 0) is 44.4 Å². The largest absolute Gasteiger partial charge is 0.340 e. The molecule has 5 nitrogen and oxygen atoms in total. The van der Waals surface area contributed by atoms with Crippen LogP contribution in [0.1, 0.15) is 47.6 Å². The van der Waals surface area contributed by atoms with Crippen LogP contribution in [0.3, 0.4) is 0 Å². The summed E-state index contributed by atoms with van der Waals surface area (Å²) in [6, 6.07) is 5.87. The molecule has 118 valence electrons. The number of aryl methyl sites for hydroxylation is 3. The molecule has 0 saturated heterocycles. The summed E-state index contributed by atoms with van der Waals surface area (Å²) in [5.74, 6) is 0.273. The number of hydrogen-bond acceptors (Lipinski definition) is 3. The van der Waals surface area contributed by atoms with Crippen LogP contribution in [-0.4, -0.2) is 33.0 Å². The van der Waals surface area contributed by atoms with Gasteiger partial charge < -0.3 is 4.90 Å². The van der Waals surface area contributed by atoms with Crippen molar-refractivity contribution in [2.24, 2.45) is 0 Å². The van der Waals surface area contributed by atoms with E-state index in [1.165, 1.54) is 0 Å². The van der Waals surface area contributed by atoms with Gasteiger partial charge in [0.05, 0.1) is 17.9 Å². The van der Waals surface area contributed by atoms with Crippen LogP contribution >= 0.6 is 0 Å². The molecule has 0 radical (unpaired) electrons. The zero-order valence-electron chi connectivity index (χ0n) is 14.0. The van der Waals surface area contributed by atoms with Gasteiger partial charge in [0, 0.05) is 24.9 Å². The van der Waals surface area contributed by atoms with E-state index >= 15 is 0 Å². The fourth-order valence-electron chi connectivity index (χ4n) is 2.82. The second-order valence-corrected chi connectivity index (χ2v) is 5.97. The minimum absolute atomic E-state index is 0.121. The Hall–Kier alpha value is -2.17. The molecule has 1 atom stereocenters. The van der Waals surface area contributed by atoms with Crippen LogP contribution in [0.4, 0.5) is 0 Å². The SMILES string of the molecule is Cc1cccc(CN(C)C(=O)CC(C)c2c(C)n[nH]c2C)n1. The normalized spacial score (nSPS) is 12.2. The van der Waals surface area contributed by atoms with Crippen LogP contribution in [0.2, 0.25) is 0 Å². The van der Waals surface area contributed by atoms with E-state index in [4.69, 9.17) is 0 Å². The second-order valence-electron chi connectivity index (χ2n) is 5.97. The molecule has 1 unspecified atom stereocenters. The number of amides is 1. The molecule has 2 rings (SSSR count). The number of rotatable bonds is 5. The molecule has 0 spiro atoms. The van der Waals surface area contributed by atoms with E-state index in [1.54, 1.807) is 4.90 Å². The number of carbonyl (C=O) groups is 1. The number of pyridine rings is 1. The third-order valence-corrected chi connectivity index (χ3v) is 3.93. The molecule has 0 bridgehead atoms. The van der Waals surface area contributed by atoms with E-state index in [2.05, 4.69) is 22.1 Å². The summed E-state index contributed by atoms with van der Waals surface area (Å²) in [5, 5.41) is 7.19. The summed E-state index contributed by atoms with van der Waals surface area (Å²) in [7, 11) is 1.83. The lowest BCUT2D eigenvalue weighted by Crippen LogP contribution is -2.27. The Morgan fingerprint density at radius 3 is 2.64 bits per heavy atom. The first kappa shape index (κ1) is 16.2. The van der Waals surface area contributed by atoms with Crippen LogP contribution < -0.4 is 0 Å². The number of carbonyl (C=O) groups excluding carboxylic acids is 1. The molecule has 0 fully saturated rings. The zero-order chi connectivity index (χ0) is 16.3.